The largest absolute Gasteiger partial charge is 0.497 e. The highest BCUT2D eigenvalue weighted by atomic mass is 19.4. The smallest absolute Gasteiger partial charge is 0.421 e. The maximum absolute atomic E-state index is 13.3. The van der Waals surface area contributed by atoms with Crippen molar-refractivity contribution in [3.05, 3.63) is 65.9 Å². The number of halogens is 3. The number of nitrogens with zero attached hydrogens (tertiary/aromatic N) is 3. The van der Waals surface area contributed by atoms with Gasteiger partial charge >= 0.3 is 6.18 Å². The van der Waals surface area contributed by atoms with Gasteiger partial charge in [-0.15, -0.1) is 0 Å². The average molecular weight is 385 g/mol. The number of anilines is 4. The third-order valence-corrected chi connectivity index (χ3v) is 3.72. The summed E-state index contributed by atoms with van der Waals surface area (Å²) in [6.45, 7) is 0. The lowest BCUT2D eigenvalue weighted by Crippen LogP contribution is -2.12. The Morgan fingerprint density at radius 3 is 2.14 bits per heavy atom. The molecule has 0 saturated carbocycles. The molecule has 0 aliphatic heterocycles. The van der Waals surface area contributed by atoms with E-state index in [-0.39, 0.29) is 5.95 Å². The highest BCUT2D eigenvalue weighted by Gasteiger charge is 2.35. The van der Waals surface area contributed by atoms with Crippen molar-refractivity contribution in [2.75, 3.05) is 17.7 Å². The number of nitrogens with one attached hydrogen (secondary N) is 2. The van der Waals surface area contributed by atoms with E-state index in [1.54, 1.807) is 24.3 Å². The monoisotopic (exact) mass is 385 g/mol. The summed E-state index contributed by atoms with van der Waals surface area (Å²) in [5, 5.41) is 14.3. The Labute approximate surface area is 158 Å². The lowest BCUT2D eigenvalue weighted by atomic mass is 10.2. The third kappa shape index (κ3) is 4.48. The second kappa shape index (κ2) is 7.84. The summed E-state index contributed by atoms with van der Waals surface area (Å²) in [6.07, 6.45) is -3.92. The van der Waals surface area contributed by atoms with Crippen molar-refractivity contribution >= 4 is 23.1 Å². The first kappa shape index (κ1) is 19.0. The van der Waals surface area contributed by atoms with Gasteiger partial charge in [0, 0.05) is 17.6 Å². The van der Waals surface area contributed by atoms with Crippen LogP contribution in [0.15, 0.2) is 54.7 Å². The number of hydrogen-bond acceptors (Lipinski definition) is 6. The minimum absolute atomic E-state index is 0.00527. The minimum atomic E-state index is -4.63. The predicted octanol–water partition coefficient (Wildman–Crippen LogP) is 4.86. The van der Waals surface area contributed by atoms with Gasteiger partial charge in [0.05, 0.1) is 18.7 Å². The molecule has 0 atom stereocenters. The van der Waals surface area contributed by atoms with Gasteiger partial charge in [0.1, 0.15) is 17.1 Å². The van der Waals surface area contributed by atoms with Gasteiger partial charge in [-0.25, -0.2) is 4.98 Å². The van der Waals surface area contributed by atoms with Gasteiger partial charge in [-0.1, -0.05) is 0 Å². The molecule has 1 aromatic heterocycles. The Morgan fingerprint density at radius 1 is 0.964 bits per heavy atom. The van der Waals surface area contributed by atoms with E-state index in [4.69, 9.17) is 10.00 Å². The Bertz CT molecular complexity index is 996. The van der Waals surface area contributed by atoms with Crippen molar-refractivity contribution in [3.8, 4) is 11.8 Å². The quantitative estimate of drug-likeness (QED) is 0.652. The highest BCUT2D eigenvalue weighted by molar-refractivity contribution is 5.63. The fraction of sp³-hybridized carbons (Fsp3) is 0.105. The van der Waals surface area contributed by atoms with E-state index in [0.717, 1.165) is 0 Å². The van der Waals surface area contributed by atoms with Crippen LogP contribution in [0.2, 0.25) is 0 Å². The zero-order valence-electron chi connectivity index (χ0n) is 14.6. The van der Waals surface area contributed by atoms with Crippen molar-refractivity contribution in [1.29, 1.82) is 5.26 Å². The van der Waals surface area contributed by atoms with Crippen LogP contribution in [0.4, 0.5) is 36.3 Å². The molecule has 142 valence electrons. The molecule has 2 N–H and O–H groups in total. The normalized spacial score (nSPS) is 10.8. The summed E-state index contributed by atoms with van der Waals surface area (Å²) in [5.41, 5.74) is 0.340. The topological polar surface area (TPSA) is 82.9 Å². The summed E-state index contributed by atoms with van der Waals surface area (Å²) in [5.74, 6) is 0.236. The lowest BCUT2D eigenvalue weighted by molar-refractivity contribution is -0.137. The Kier molecular flexibility index (Phi) is 5.31. The number of rotatable bonds is 5. The van der Waals surface area contributed by atoms with Gasteiger partial charge in [0.15, 0.2) is 0 Å². The van der Waals surface area contributed by atoms with Crippen LogP contribution < -0.4 is 15.4 Å². The van der Waals surface area contributed by atoms with Crippen LogP contribution in [0.25, 0.3) is 0 Å². The first-order valence-corrected chi connectivity index (χ1v) is 8.01. The van der Waals surface area contributed by atoms with E-state index in [9.17, 15) is 13.2 Å². The van der Waals surface area contributed by atoms with Crippen LogP contribution in [0.3, 0.4) is 0 Å². The Morgan fingerprint density at radius 2 is 1.57 bits per heavy atom. The summed E-state index contributed by atoms with van der Waals surface area (Å²) in [6, 6.07) is 14.7. The fourth-order valence-electron chi connectivity index (χ4n) is 2.31. The Balaban J connectivity index is 1.90. The van der Waals surface area contributed by atoms with Gasteiger partial charge < -0.3 is 15.4 Å². The molecule has 9 heteroatoms. The van der Waals surface area contributed by atoms with E-state index in [2.05, 4.69) is 20.6 Å². The molecule has 2 aromatic carbocycles. The number of hydrogen-bond donors (Lipinski definition) is 2. The number of benzene rings is 2. The number of nitriles is 1. The molecular formula is C19H14F3N5O. The molecule has 0 fully saturated rings. The van der Waals surface area contributed by atoms with E-state index < -0.39 is 17.6 Å². The van der Waals surface area contributed by atoms with Crippen LogP contribution in [0.5, 0.6) is 5.75 Å². The predicted molar refractivity (Wildman–Crippen MR) is 97.8 cm³/mol. The molecule has 0 aliphatic rings. The van der Waals surface area contributed by atoms with Crippen molar-refractivity contribution in [3.63, 3.8) is 0 Å². The molecule has 6 nitrogen and oxygen atoms in total. The third-order valence-electron chi connectivity index (χ3n) is 3.72. The second-order valence-corrected chi connectivity index (χ2v) is 5.62. The van der Waals surface area contributed by atoms with E-state index in [0.29, 0.717) is 28.9 Å². The van der Waals surface area contributed by atoms with E-state index >= 15 is 0 Å². The molecule has 0 spiro atoms. The maximum atomic E-state index is 13.3. The number of aromatic nitrogens is 2. The van der Waals surface area contributed by atoms with Gasteiger partial charge in [0.25, 0.3) is 0 Å². The number of alkyl halides is 3. The molecule has 28 heavy (non-hydrogen) atoms. The molecule has 0 saturated heterocycles. The molecule has 0 aliphatic carbocycles. The van der Waals surface area contributed by atoms with E-state index in [1.165, 1.54) is 31.4 Å². The summed E-state index contributed by atoms with van der Waals surface area (Å²) < 4.78 is 45.0. The second-order valence-electron chi connectivity index (χ2n) is 5.62. The van der Waals surface area contributed by atoms with Crippen molar-refractivity contribution in [2.45, 2.75) is 6.18 Å². The molecule has 3 aromatic rings. The first-order valence-electron chi connectivity index (χ1n) is 8.01. The highest BCUT2D eigenvalue weighted by Crippen LogP contribution is 2.35. The van der Waals surface area contributed by atoms with Gasteiger partial charge in [0.2, 0.25) is 5.95 Å². The van der Waals surface area contributed by atoms with E-state index in [1.807, 2.05) is 6.07 Å². The zero-order chi connectivity index (χ0) is 20.1. The van der Waals surface area contributed by atoms with Crippen LogP contribution in [0.1, 0.15) is 11.1 Å². The van der Waals surface area contributed by atoms with Crippen LogP contribution in [-0.2, 0) is 6.18 Å². The van der Waals surface area contributed by atoms with Crippen molar-refractivity contribution < 1.29 is 17.9 Å². The molecule has 0 radical (unpaired) electrons. The summed E-state index contributed by atoms with van der Waals surface area (Å²) in [4.78, 5) is 7.72. The molecule has 0 amide bonds. The minimum Gasteiger partial charge on any atom is -0.497 e. The van der Waals surface area contributed by atoms with Gasteiger partial charge in [-0.2, -0.15) is 23.4 Å². The number of ether oxygens (including phenoxy) is 1. The zero-order valence-corrected chi connectivity index (χ0v) is 14.6. The lowest BCUT2D eigenvalue weighted by Gasteiger charge is -2.15. The van der Waals surface area contributed by atoms with Crippen LogP contribution >= 0.6 is 0 Å². The van der Waals surface area contributed by atoms with Crippen LogP contribution in [0, 0.1) is 11.3 Å². The molecule has 1 heterocycles. The van der Waals surface area contributed by atoms with Crippen molar-refractivity contribution in [2.24, 2.45) is 0 Å². The fourth-order valence-corrected chi connectivity index (χ4v) is 2.31. The molecule has 0 bridgehead atoms. The first-order chi connectivity index (χ1) is 13.4. The summed E-state index contributed by atoms with van der Waals surface area (Å²) in [7, 11) is 1.53. The Hall–Kier alpha value is -3.80. The van der Waals surface area contributed by atoms with Gasteiger partial charge in [-0.05, 0) is 48.5 Å². The maximum Gasteiger partial charge on any atom is 0.421 e. The van der Waals surface area contributed by atoms with Crippen molar-refractivity contribution in [1.82, 2.24) is 9.97 Å². The average Bonchev–Trinajstić information content (AvgIpc) is 2.68. The standard InChI is InChI=1S/C19H14F3N5O/c1-28-15-8-6-14(7-9-15)26-18-24-11-16(19(20,21)22)17(27-18)25-13-4-2-12(10-23)3-5-13/h2-9,11H,1H3,(H2,24,25,26,27). The SMILES string of the molecule is COc1ccc(Nc2ncc(C(F)(F)F)c(Nc3ccc(C#N)cc3)n2)cc1. The molecule has 3 rings (SSSR count). The molecular weight excluding hydrogens is 371 g/mol. The van der Waals surface area contributed by atoms with Crippen LogP contribution in [-0.4, -0.2) is 17.1 Å². The van der Waals surface area contributed by atoms with Gasteiger partial charge in [-0.3, -0.25) is 0 Å². The molecule has 0 unspecified atom stereocenters. The number of methoxy groups -OCH3 is 1. The summed E-state index contributed by atoms with van der Waals surface area (Å²) >= 11 is 0.